The maximum Gasteiger partial charge on any atom is 0.256 e. The second-order valence-corrected chi connectivity index (χ2v) is 4.67. The van der Waals surface area contributed by atoms with Crippen molar-refractivity contribution in [3.63, 3.8) is 0 Å². The third kappa shape index (κ3) is 3.08. The molecule has 1 amide bonds. The molecule has 19 heavy (non-hydrogen) atoms. The predicted octanol–water partition coefficient (Wildman–Crippen LogP) is 3.75. The fraction of sp³-hybridized carbons (Fsp3) is 0. The minimum atomic E-state index is -0.294. The fourth-order valence-corrected chi connectivity index (χ4v) is 2.03. The molecular formula is C14H9ClN2OS. The number of hydrogen-bond acceptors (Lipinski definition) is 3. The monoisotopic (exact) mass is 288 g/mol. The third-order valence-corrected chi connectivity index (χ3v) is 3.20. The summed E-state index contributed by atoms with van der Waals surface area (Å²) in [7, 11) is 0. The van der Waals surface area contributed by atoms with Crippen LogP contribution in [0.4, 0.5) is 5.69 Å². The van der Waals surface area contributed by atoms with Gasteiger partial charge in [-0.1, -0.05) is 23.7 Å². The summed E-state index contributed by atoms with van der Waals surface area (Å²) < 4.78 is 0. The van der Waals surface area contributed by atoms with Gasteiger partial charge < -0.3 is 5.32 Å². The molecular weight excluding hydrogens is 280 g/mol. The van der Waals surface area contributed by atoms with Crippen LogP contribution >= 0.6 is 24.2 Å². The third-order valence-electron chi connectivity index (χ3n) is 2.50. The lowest BCUT2D eigenvalue weighted by Gasteiger charge is -2.08. The van der Waals surface area contributed by atoms with Crippen molar-refractivity contribution < 1.29 is 4.79 Å². The summed E-state index contributed by atoms with van der Waals surface area (Å²) in [5.41, 5.74) is 1.37. The van der Waals surface area contributed by atoms with Crippen LogP contribution in [0.1, 0.15) is 15.9 Å². The van der Waals surface area contributed by atoms with E-state index >= 15 is 0 Å². The van der Waals surface area contributed by atoms with Gasteiger partial charge in [0, 0.05) is 4.90 Å². The molecule has 0 aliphatic carbocycles. The average Bonchev–Trinajstić information content (AvgIpc) is 2.41. The molecule has 0 heterocycles. The Morgan fingerprint density at radius 1 is 1.26 bits per heavy atom. The molecule has 0 fully saturated rings. The van der Waals surface area contributed by atoms with Gasteiger partial charge in [0.15, 0.2) is 0 Å². The molecule has 0 aromatic heterocycles. The zero-order valence-corrected chi connectivity index (χ0v) is 11.4. The van der Waals surface area contributed by atoms with E-state index in [1.54, 1.807) is 36.4 Å². The number of anilines is 1. The number of benzene rings is 2. The summed E-state index contributed by atoms with van der Waals surface area (Å²) in [5.74, 6) is -0.294. The summed E-state index contributed by atoms with van der Waals surface area (Å²) >= 11 is 10.2. The zero-order chi connectivity index (χ0) is 13.8. The Balaban J connectivity index is 2.25. The smallest absolute Gasteiger partial charge is 0.256 e. The van der Waals surface area contributed by atoms with Crippen molar-refractivity contribution in [2.24, 2.45) is 0 Å². The second-order valence-electron chi connectivity index (χ2n) is 3.78. The molecule has 94 valence electrons. The normalized spacial score (nSPS) is 9.74. The Bertz CT molecular complexity index is 679. The molecule has 2 aromatic carbocycles. The Kier molecular flexibility index (Phi) is 4.10. The highest BCUT2D eigenvalue weighted by Crippen LogP contribution is 2.24. The number of carbonyl (C=O) groups is 1. The molecule has 0 atom stereocenters. The first-order valence-electron chi connectivity index (χ1n) is 5.41. The number of nitrogens with one attached hydrogen (secondary N) is 1. The summed E-state index contributed by atoms with van der Waals surface area (Å²) in [5, 5.41) is 11.8. The van der Waals surface area contributed by atoms with Crippen LogP contribution in [0.2, 0.25) is 5.02 Å². The van der Waals surface area contributed by atoms with Gasteiger partial charge in [-0.3, -0.25) is 4.79 Å². The van der Waals surface area contributed by atoms with Crippen molar-refractivity contribution >= 4 is 35.8 Å². The molecule has 0 saturated heterocycles. The molecule has 0 bridgehead atoms. The highest BCUT2D eigenvalue weighted by molar-refractivity contribution is 7.80. The second kappa shape index (κ2) is 5.79. The molecule has 5 heteroatoms. The molecule has 0 spiro atoms. The number of thiol groups is 1. The summed E-state index contributed by atoms with van der Waals surface area (Å²) in [6.07, 6.45) is 0. The molecule has 0 radical (unpaired) electrons. The van der Waals surface area contributed by atoms with Crippen molar-refractivity contribution in [1.82, 2.24) is 0 Å². The summed E-state index contributed by atoms with van der Waals surface area (Å²) in [4.78, 5) is 12.6. The van der Waals surface area contributed by atoms with E-state index < -0.39 is 0 Å². The van der Waals surface area contributed by atoms with E-state index in [-0.39, 0.29) is 5.91 Å². The molecule has 0 aliphatic rings. The number of halogens is 1. The molecule has 0 aliphatic heterocycles. The Labute approximate surface area is 121 Å². The van der Waals surface area contributed by atoms with Gasteiger partial charge in [-0.25, -0.2) is 0 Å². The van der Waals surface area contributed by atoms with Crippen LogP contribution in [0, 0.1) is 11.3 Å². The topological polar surface area (TPSA) is 52.9 Å². The van der Waals surface area contributed by atoms with Gasteiger partial charge in [-0.2, -0.15) is 5.26 Å². The highest BCUT2D eigenvalue weighted by atomic mass is 35.5. The molecule has 0 unspecified atom stereocenters. The highest BCUT2D eigenvalue weighted by Gasteiger charge is 2.11. The van der Waals surface area contributed by atoms with E-state index in [0.29, 0.717) is 26.7 Å². The number of carbonyl (C=O) groups excluding carboxylic acids is 1. The Hall–Kier alpha value is -1.96. The standard InChI is InChI=1S/C14H9ClN2OS/c15-11-7-9(8-16)5-6-12(11)17-14(18)10-3-1-2-4-13(10)19/h1-7,19H,(H,17,18). The van der Waals surface area contributed by atoms with Crippen LogP contribution in [0.15, 0.2) is 47.4 Å². The average molecular weight is 289 g/mol. The molecule has 3 nitrogen and oxygen atoms in total. The Morgan fingerprint density at radius 2 is 2.00 bits per heavy atom. The van der Waals surface area contributed by atoms with Crippen molar-refractivity contribution in [2.75, 3.05) is 5.32 Å². The number of amides is 1. The first-order valence-corrected chi connectivity index (χ1v) is 6.23. The van der Waals surface area contributed by atoms with E-state index in [1.807, 2.05) is 6.07 Å². The van der Waals surface area contributed by atoms with Crippen molar-refractivity contribution in [2.45, 2.75) is 4.90 Å². The van der Waals surface area contributed by atoms with Gasteiger partial charge in [0.05, 0.1) is 27.9 Å². The number of nitrogens with zero attached hydrogens (tertiary/aromatic N) is 1. The molecule has 0 saturated carbocycles. The van der Waals surface area contributed by atoms with Gasteiger partial charge in [0.2, 0.25) is 0 Å². The van der Waals surface area contributed by atoms with Crippen LogP contribution in [-0.2, 0) is 0 Å². The number of nitriles is 1. The van der Waals surface area contributed by atoms with E-state index in [4.69, 9.17) is 16.9 Å². The molecule has 1 N–H and O–H groups in total. The van der Waals surface area contributed by atoms with E-state index in [0.717, 1.165) is 0 Å². The Morgan fingerprint density at radius 3 is 2.63 bits per heavy atom. The summed E-state index contributed by atoms with van der Waals surface area (Å²) in [6.45, 7) is 0. The maximum absolute atomic E-state index is 12.1. The van der Waals surface area contributed by atoms with Gasteiger partial charge in [0.25, 0.3) is 5.91 Å². The van der Waals surface area contributed by atoms with Gasteiger partial charge in [0.1, 0.15) is 0 Å². The lowest BCUT2D eigenvalue weighted by Crippen LogP contribution is -2.12. The van der Waals surface area contributed by atoms with Crippen LogP contribution in [-0.4, -0.2) is 5.91 Å². The lowest BCUT2D eigenvalue weighted by atomic mass is 10.2. The van der Waals surface area contributed by atoms with Crippen LogP contribution < -0.4 is 5.32 Å². The first kappa shape index (κ1) is 13.5. The molecule has 2 aromatic rings. The van der Waals surface area contributed by atoms with Crippen LogP contribution in [0.25, 0.3) is 0 Å². The van der Waals surface area contributed by atoms with Crippen molar-refractivity contribution in [3.8, 4) is 6.07 Å². The maximum atomic E-state index is 12.1. The van der Waals surface area contributed by atoms with Gasteiger partial charge in [-0.05, 0) is 30.3 Å². The van der Waals surface area contributed by atoms with Crippen LogP contribution in [0.3, 0.4) is 0 Å². The zero-order valence-electron chi connectivity index (χ0n) is 9.72. The largest absolute Gasteiger partial charge is 0.321 e. The first-order chi connectivity index (χ1) is 9.11. The van der Waals surface area contributed by atoms with Crippen LogP contribution in [0.5, 0.6) is 0 Å². The van der Waals surface area contributed by atoms with Crippen molar-refractivity contribution in [3.05, 3.63) is 58.6 Å². The quantitative estimate of drug-likeness (QED) is 0.827. The minimum Gasteiger partial charge on any atom is -0.321 e. The van der Waals surface area contributed by atoms with Crippen molar-refractivity contribution in [1.29, 1.82) is 5.26 Å². The lowest BCUT2D eigenvalue weighted by molar-refractivity contribution is 0.102. The van der Waals surface area contributed by atoms with Gasteiger partial charge >= 0.3 is 0 Å². The number of rotatable bonds is 2. The van der Waals surface area contributed by atoms with E-state index in [9.17, 15) is 4.79 Å². The van der Waals surface area contributed by atoms with E-state index in [2.05, 4.69) is 17.9 Å². The predicted molar refractivity (Wildman–Crippen MR) is 77.8 cm³/mol. The SMILES string of the molecule is N#Cc1ccc(NC(=O)c2ccccc2S)c(Cl)c1. The van der Waals surface area contributed by atoms with Gasteiger partial charge in [-0.15, -0.1) is 12.6 Å². The summed E-state index contributed by atoms with van der Waals surface area (Å²) in [6, 6.07) is 13.6. The fourth-order valence-electron chi connectivity index (χ4n) is 1.54. The van der Waals surface area contributed by atoms with E-state index in [1.165, 1.54) is 6.07 Å². The minimum absolute atomic E-state index is 0.294. The molecule has 2 rings (SSSR count). The number of hydrogen-bond donors (Lipinski definition) is 2.